The third kappa shape index (κ3) is 3.96. The Morgan fingerprint density at radius 2 is 2.05 bits per heavy atom. The van der Waals surface area contributed by atoms with E-state index in [1.54, 1.807) is 18.2 Å². The molecule has 0 atom stereocenters. The van der Waals surface area contributed by atoms with Gasteiger partial charge in [-0.05, 0) is 24.3 Å². The number of carbonyl (C=O) groups is 1. The molecule has 0 amide bonds. The molecule has 0 aliphatic carbocycles. The van der Waals surface area contributed by atoms with Crippen molar-refractivity contribution in [3.05, 3.63) is 64.9 Å². The maximum Gasteiger partial charge on any atom is 0.349 e. The third-order valence-electron chi connectivity index (χ3n) is 2.71. The lowest BCUT2D eigenvalue weighted by Gasteiger charge is -1.99. The zero-order valence-corrected chi connectivity index (χ0v) is 13.2. The highest BCUT2D eigenvalue weighted by molar-refractivity contribution is 9.10. The molecule has 0 radical (unpaired) electrons. The van der Waals surface area contributed by atoms with Gasteiger partial charge in [0.1, 0.15) is 29.8 Å². The Balaban J connectivity index is 2.21. The second-order valence-corrected chi connectivity index (χ2v) is 5.18. The van der Waals surface area contributed by atoms with Crippen molar-refractivity contribution in [1.82, 2.24) is 0 Å². The number of nitrogens with zero attached hydrogens (tertiary/aromatic N) is 1. The molecule has 0 aliphatic rings. The van der Waals surface area contributed by atoms with E-state index in [1.807, 2.05) is 24.3 Å². The van der Waals surface area contributed by atoms with Crippen molar-refractivity contribution in [2.75, 3.05) is 6.61 Å². The van der Waals surface area contributed by atoms with E-state index >= 15 is 0 Å². The van der Waals surface area contributed by atoms with E-state index in [0.29, 0.717) is 11.5 Å². The van der Waals surface area contributed by atoms with Gasteiger partial charge < -0.3 is 9.15 Å². The van der Waals surface area contributed by atoms with Crippen LogP contribution in [0.4, 0.5) is 0 Å². The first-order valence-corrected chi connectivity index (χ1v) is 7.19. The lowest BCUT2D eigenvalue weighted by atomic mass is 10.2. The Morgan fingerprint density at radius 3 is 2.68 bits per heavy atom. The molecule has 0 saturated heterocycles. The lowest BCUT2D eigenvalue weighted by molar-refractivity contribution is -0.137. The molecule has 0 unspecified atom stereocenters. The maximum atomic E-state index is 11.6. The van der Waals surface area contributed by atoms with Crippen LogP contribution in [0.25, 0.3) is 17.4 Å². The molecule has 0 fully saturated rings. The molecule has 0 spiro atoms. The van der Waals surface area contributed by atoms with E-state index in [1.165, 1.54) is 12.2 Å². The normalized spacial score (nSPS) is 10.8. The van der Waals surface area contributed by atoms with E-state index in [2.05, 4.69) is 22.5 Å². The SMILES string of the molecule is C=CCOC(=O)C(C#N)=Cc1ccc(-c2ccc(Br)cc2)o1. The molecule has 5 heteroatoms. The van der Waals surface area contributed by atoms with Crippen LogP contribution >= 0.6 is 15.9 Å². The number of esters is 1. The predicted molar refractivity (Wildman–Crippen MR) is 86.6 cm³/mol. The first kappa shape index (κ1) is 15.8. The molecule has 0 N–H and O–H groups in total. The van der Waals surface area contributed by atoms with Gasteiger partial charge in [-0.3, -0.25) is 0 Å². The summed E-state index contributed by atoms with van der Waals surface area (Å²) in [6.07, 6.45) is 2.79. The van der Waals surface area contributed by atoms with Crippen LogP contribution in [0.5, 0.6) is 0 Å². The number of rotatable bonds is 5. The summed E-state index contributed by atoms with van der Waals surface area (Å²) in [5.74, 6) is 0.351. The predicted octanol–water partition coefficient (Wildman–Crippen LogP) is 4.35. The van der Waals surface area contributed by atoms with E-state index in [0.717, 1.165) is 10.0 Å². The van der Waals surface area contributed by atoms with E-state index in [9.17, 15) is 4.79 Å². The first-order valence-electron chi connectivity index (χ1n) is 6.39. The van der Waals surface area contributed by atoms with E-state index < -0.39 is 5.97 Å². The van der Waals surface area contributed by atoms with Gasteiger partial charge >= 0.3 is 5.97 Å². The minimum absolute atomic E-state index is 0.0557. The summed E-state index contributed by atoms with van der Waals surface area (Å²) in [6, 6.07) is 12.9. The second-order valence-electron chi connectivity index (χ2n) is 4.27. The maximum absolute atomic E-state index is 11.6. The van der Waals surface area contributed by atoms with Crippen LogP contribution in [-0.2, 0) is 9.53 Å². The van der Waals surface area contributed by atoms with Gasteiger partial charge in [-0.2, -0.15) is 5.26 Å². The zero-order valence-electron chi connectivity index (χ0n) is 11.6. The Bertz CT molecular complexity index is 751. The van der Waals surface area contributed by atoms with Gasteiger partial charge in [0.05, 0.1) is 0 Å². The van der Waals surface area contributed by atoms with Crippen molar-refractivity contribution < 1.29 is 13.9 Å². The molecular weight excluding hydrogens is 346 g/mol. The van der Waals surface area contributed by atoms with Crippen molar-refractivity contribution in [1.29, 1.82) is 5.26 Å². The number of carbonyl (C=O) groups excluding carboxylic acids is 1. The molecule has 1 aromatic heterocycles. The summed E-state index contributed by atoms with van der Waals surface area (Å²) in [7, 11) is 0. The van der Waals surface area contributed by atoms with Crippen molar-refractivity contribution in [3.8, 4) is 17.4 Å². The Labute approximate surface area is 136 Å². The van der Waals surface area contributed by atoms with Crippen LogP contribution in [0.1, 0.15) is 5.76 Å². The fourth-order valence-corrected chi connectivity index (χ4v) is 1.96. The van der Waals surface area contributed by atoms with Crippen LogP contribution < -0.4 is 0 Å². The summed E-state index contributed by atoms with van der Waals surface area (Å²) in [5, 5.41) is 9.02. The van der Waals surface area contributed by atoms with Crippen LogP contribution in [0.15, 0.2) is 63.5 Å². The molecule has 22 heavy (non-hydrogen) atoms. The average molecular weight is 358 g/mol. The summed E-state index contributed by atoms with van der Waals surface area (Å²) < 4.78 is 11.4. The zero-order chi connectivity index (χ0) is 15.9. The summed E-state index contributed by atoms with van der Waals surface area (Å²) in [4.78, 5) is 11.6. The summed E-state index contributed by atoms with van der Waals surface area (Å²) >= 11 is 3.37. The quantitative estimate of drug-likeness (QED) is 0.345. The van der Waals surface area contributed by atoms with Gasteiger partial charge in [0, 0.05) is 16.1 Å². The molecule has 110 valence electrons. The Kier molecular flexibility index (Phi) is 5.34. The van der Waals surface area contributed by atoms with Gasteiger partial charge in [0.25, 0.3) is 0 Å². The minimum Gasteiger partial charge on any atom is -0.457 e. The molecule has 1 heterocycles. The van der Waals surface area contributed by atoms with Gasteiger partial charge in [0.2, 0.25) is 0 Å². The van der Waals surface area contributed by atoms with Crippen molar-refractivity contribution in [2.24, 2.45) is 0 Å². The summed E-state index contributed by atoms with van der Waals surface area (Å²) in [5.41, 5.74) is 0.772. The fourth-order valence-electron chi connectivity index (χ4n) is 1.69. The van der Waals surface area contributed by atoms with Gasteiger partial charge in [0.15, 0.2) is 0 Å². The Hall–Kier alpha value is -2.58. The first-order chi connectivity index (χ1) is 10.6. The number of hydrogen-bond donors (Lipinski definition) is 0. The molecule has 2 aromatic rings. The van der Waals surface area contributed by atoms with Gasteiger partial charge in [-0.1, -0.05) is 40.7 Å². The topological polar surface area (TPSA) is 63.2 Å². The van der Waals surface area contributed by atoms with Gasteiger partial charge in [-0.15, -0.1) is 0 Å². The number of furan rings is 1. The highest BCUT2D eigenvalue weighted by atomic mass is 79.9. The fraction of sp³-hybridized carbons (Fsp3) is 0.0588. The van der Waals surface area contributed by atoms with Crippen LogP contribution in [-0.4, -0.2) is 12.6 Å². The molecule has 0 bridgehead atoms. The van der Waals surface area contributed by atoms with Crippen LogP contribution in [0.2, 0.25) is 0 Å². The smallest absolute Gasteiger partial charge is 0.349 e. The largest absolute Gasteiger partial charge is 0.457 e. The molecular formula is C17H12BrNO3. The highest BCUT2D eigenvalue weighted by Gasteiger charge is 2.11. The minimum atomic E-state index is -0.705. The van der Waals surface area contributed by atoms with Crippen LogP contribution in [0, 0.1) is 11.3 Å². The van der Waals surface area contributed by atoms with E-state index in [-0.39, 0.29) is 12.2 Å². The molecule has 4 nitrogen and oxygen atoms in total. The number of ether oxygens (including phenoxy) is 1. The van der Waals surface area contributed by atoms with Crippen LogP contribution in [0.3, 0.4) is 0 Å². The molecule has 0 aliphatic heterocycles. The molecule has 1 aromatic carbocycles. The number of nitriles is 1. The van der Waals surface area contributed by atoms with Gasteiger partial charge in [-0.25, -0.2) is 4.79 Å². The lowest BCUT2D eigenvalue weighted by Crippen LogP contribution is -2.06. The summed E-state index contributed by atoms with van der Waals surface area (Å²) in [6.45, 7) is 3.50. The monoisotopic (exact) mass is 357 g/mol. The van der Waals surface area contributed by atoms with E-state index in [4.69, 9.17) is 14.4 Å². The number of hydrogen-bond acceptors (Lipinski definition) is 4. The molecule has 2 rings (SSSR count). The van der Waals surface area contributed by atoms with Crippen molar-refractivity contribution in [3.63, 3.8) is 0 Å². The highest BCUT2D eigenvalue weighted by Crippen LogP contribution is 2.25. The average Bonchev–Trinajstić information content (AvgIpc) is 2.99. The molecule has 0 saturated carbocycles. The standard InChI is InChI=1S/C17H12BrNO3/c1-2-9-21-17(20)13(11-19)10-15-7-8-16(22-15)12-3-5-14(18)6-4-12/h2-8,10H,1,9H2. The van der Waals surface area contributed by atoms with Crippen molar-refractivity contribution >= 4 is 28.0 Å². The second kappa shape index (κ2) is 7.43. The Morgan fingerprint density at radius 1 is 1.32 bits per heavy atom. The third-order valence-corrected chi connectivity index (χ3v) is 3.24. The van der Waals surface area contributed by atoms with Crippen molar-refractivity contribution in [2.45, 2.75) is 0 Å². The number of halogens is 1. The number of benzene rings is 1.